The molecule has 0 amide bonds. The van der Waals surface area contributed by atoms with E-state index in [1.807, 2.05) is 26.0 Å². The van der Waals surface area contributed by atoms with Crippen LogP contribution in [0.4, 0.5) is 18.9 Å². The molecule has 224 valence electrons. The van der Waals surface area contributed by atoms with Crippen molar-refractivity contribution >= 4 is 28.6 Å². The number of fused-ring (bicyclic) bond motifs is 1. The molecule has 0 aliphatic rings. The third-order valence-electron chi connectivity index (χ3n) is 6.23. The van der Waals surface area contributed by atoms with Crippen molar-refractivity contribution in [3.63, 3.8) is 0 Å². The van der Waals surface area contributed by atoms with Crippen LogP contribution >= 0.6 is 0 Å². The number of carboxylic acid groups (broad SMARTS) is 2. The van der Waals surface area contributed by atoms with Crippen LogP contribution in [0.1, 0.15) is 40.1 Å². The lowest BCUT2D eigenvalue weighted by molar-refractivity contribution is -0.192. The van der Waals surface area contributed by atoms with E-state index in [0.29, 0.717) is 39.4 Å². The van der Waals surface area contributed by atoms with Crippen LogP contribution in [-0.4, -0.2) is 43.1 Å². The molecule has 1 unspecified atom stereocenters. The molecule has 0 saturated carbocycles. The van der Waals surface area contributed by atoms with E-state index in [0.717, 1.165) is 11.1 Å². The van der Waals surface area contributed by atoms with Crippen molar-refractivity contribution in [1.82, 2.24) is 14.8 Å². The molecule has 1 atom stereocenters. The summed E-state index contributed by atoms with van der Waals surface area (Å²) in [6, 6.07) is 16.7. The number of aliphatic carboxylic acids is 1. The molecule has 3 aromatic heterocycles. The third-order valence-corrected chi connectivity index (χ3v) is 6.23. The van der Waals surface area contributed by atoms with Crippen molar-refractivity contribution in [2.75, 3.05) is 5.32 Å². The van der Waals surface area contributed by atoms with Gasteiger partial charge in [0.2, 0.25) is 0 Å². The molecule has 14 heteroatoms. The number of hydrogen-bond acceptors (Lipinski definition) is 8. The van der Waals surface area contributed by atoms with Crippen molar-refractivity contribution in [3.8, 4) is 23.1 Å². The van der Waals surface area contributed by atoms with Gasteiger partial charge in [-0.15, -0.1) is 0 Å². The molecule has 3 heterocycles. The van der Waals surface area contributed by atoms with Gasteiger partial charge in [0.15, 0.2) is 5.43 Å². The number of anilines is 1. The summed E-state index contributed by atoms with van der Waals surface area (Å²) in [5.74, 6) is -3.45. The van der Waals surface area contributed by atoms with Crippen LogP contribution in [0.2, 0.25) is 0 Å². The highest BCUT2D eigenvalue weighted by Gasteiger charge is 2.38. The number of aryl methyl sites for hydroxylation is 1. The van der Waals surface area contributed by atoms with Gasteiger partial charge in [-0.1, -0.05) is 18.2 Å². The average Bonchev–Trinajstić information content (AvgIpc) is 3.47. The molecule has 3 N–H and O–H groups in total. The zero-order valence-electron chi connectivity index (χ0n) is 23.0. The number of hydrogen-bond donors (Lipinski definition) is 3. The van der Waals surface area contributed by atoms with E-state index in [-0.39, 0.29) is 17.0 Å². The van der Waals surface area contributed by atoms with E-state index in [2.05, 4.69) is 15.4 Å². The molecule has 0 spiro atoms. The Morgan fingerprint density at radius 1 is 1.09 bits per heavy atom. The van der Waals surface area contributed by atoms with Crippen LogP contribution in [0.15, 0.2) is 82.4 Å². The van der Waals surface area contributed by atoms with E-state index in [4.69, 9.17) is 19.6 Å². The van der Waals surface area contributed by atoms with Gasteiger partial charge >= 0.3 is 18.1 Å². The zero-order valence-corrected chi connectivity index (χ0v) is 23.0. The maximum atomic E-state index is 13.1. The number of rotatable bonds is 6. The van der Waals surface area contributed by atoms with Crippen LogP contribution in [-0.2, 0) is 4.79 Å². The number of halogens is 3. The summed E-state index contributed by atoms with van der Waals surface area (Å²) in [4.78, 5) is 37.7. The number of aromatic nitrogens is 3. The summed E-state index contributed by atoms with van der Waals surface area (Å²) in [6.45, 7) is 3.78. The van der Waals surface area contributed by atoms with Gasteiger partial charge in [0.25, 0.3) is 0 Å². The Morgan fingerprint density at radius 3 is 2.41 bits per heavy atom. The number of nitrogens with one attached hydrogen (secondary N) is 1. The van der Waals surface area contributed by atoms with Crippen LogP contribution < -0.4 is 10.7 Å². The number of aromatic carboxylic acids is 1. The Hall–Kier alpha value is -5.97. The lowest BCUT2D eigenvalue weighted by Crippen LogP contribution is -2.21. The fourth-order valence-corrected chi connectivity index (χ4v) is 4.18. The summed E-state index contributed by atoms with van der Waals surface area (Å²) in [5.41, 5.74) is 3.97. The normalized spacial score (nSPS) is 11.6. The molecule has 2 aromatic carbocycles. The fraction of sp³-hybridized carbons (Fsp3) is 0.133. The van der Waals surface area contributed by atoms with Crippen molar-refractivity contribution in [2.24, 2.45) is 0 Å². The summed E-state index contributed by atoms with van der Waals surface area (Å²) in [5, 5.41) is 33.7. The van der Waals surface area contributed by atoms with Crippen LogP contribution in [0.5, 0.6) is 0 Å². The number of benzene rings is 2. The minimum atomic E-state index is -5.08. The smallest absolute Gasteiger partial charge is 0.478 e. The van der Waals surface area contributed by atoms with Gasteiger partial charge in [0, 0.05) is 23.5 Å². The topological polar surface area (TPSA) is 171 Å². The molecule has 0 fully saturated rings. The number of carboxylic acids is 2. The molecule has 0 bridgehead atoms. The van der Waals surface area contributed by atoms with Gasteiger partial charge in [0.1, 0.15) is 23.1 Å². The number of para-hydroxylation sites is 1. The minimum Gasteiger partial charge on any atom is -0.478 e. The zero-order chi connectivity index (χ0) is 32.2. The summed E-state index contributed by atoms with van der Waals surface area (Å²) >= 11 is 0. The van der Waals surface area contributed by atoms with Crippen LogP contribution in [0, 0.1) is 18.3 Å². The molecular formula is C30H22F3N5O6. The van der Waals surface area contributed by atoms with E-state index < -0.39 is 18.1 Å². The molecular weight excluding hydrogens is 583 g/mol. The van der Waals surface area contributed by atoms with Crippen LogP contribution in [0.25, 0.3) is 28.0 Å². The van der Waals surface area contributed by atoms with Gasteiger partial charge in [-0.25, -0.2) is 19.3 Å². The predicted molar refractivity (Wildman–Crippen MR) is 151 cm³/mol. The first-order chi connectivity index (χ1) is 20.8. The predicted octanol–water partition coefficient (Wildman–Crippen LogP) is 5.73. The molecule has 0 aliphatic carbocycles. The molecule has 5 aromatic rings. The number of pyridine rings is 1. The Bertz CT molecular complexity index is 1960. The van der Waals surface area contributed by atoms with E-state index in [1.165, 1.54) is 18.3 Å². The molecule has 0 saturated heterocycles. The first-order valence-corrected chi connectivity index (χ1v) is 12.7. The highest BCUT2D eigenvalue weighted by Crippen LogP contribution is 2.31. The number of nitriles is 1. The highest BCUT2D eigenvalue weighted by atomic mass is 19.4. The summed E-state index contributed by atoms with van der Waals surface area (Å²) in [6.07, 6.45) is -0.248. The second-order valence-electron chi connectivity index (χ2n) is 9.41. The van der Waals surface area contributed by atoms with E-state index in [1.54, 1.807) is 53.5 Å². The largest absolute Gasteiger partial charge is 0.490 e. The van der Waals surface area contributed by atoms with Crippen LogP contribution in [0.3, 0.4) is 0 Å². The van der Waals surface area contributed by atoms with Crippen molar-refractivity contribution in [1.29, 1.82) is 5.26 Å². The summed E-state index contributed by atoms with van der Waals surface area (Å²) < 4.78 is 39.6. The first-order valence-electron chi connectivity index (χ1n) is 12.7. The minimum absolute atomic E-state index is 0.151. The van der Waals surface area contributed by atoms with Gasteiger partial charge in [-0.2, -0.15) is 23.5 Å². The Morgan fingerprint density at radius 2 is 1.80 bits per heavy atom. The highest BCUT2D eigenvalue weighted by molar-refractivity contribution is 5.94. The standard InChI is InChI=1S/C28H21N5O4.C2HF3O2/c1-16-9-22(17(2)32-24-6-4-3-5-21(24)28(35)36)27-23(10-16)25(34)11-26(37-27)18-13-31-33(15-18)20-8-7-19(12-29)30-14-20;3-2(4,5)1(6)7/h3-11,13-15,17,32H,1-2H3,(H,35,36);(H,6,7). The second-order valence-corrected chi connectivity index (χ2v) is 9.41. The molecule has 0 radical (unpaired) electrons. The SMILES string of the molecule is Cc1cc(C(C)Nc2ccccc2C(=O)O)c2oc(-c3cnn(-c4ccc(C#N)nc4)c3)cc(=O)c2c1.O=C(O)C(F)(F)F. The van der Waals surface area contributed by atoms with E-state index >= 15 is 0 Å². The number of alkyl halides is 3. The van der Waals surface area contributed by atoms with Gasteiger partial charge < -0.3 is 19.9 Å². The Balaban J connectivity index is 0.000000566. The number of nitrogens with zero attached hydrogens (tertiary/aromatic N) is 4. The second kappa shape index (κ2) is 12.5. The quantitative estimate of drug-likeness (QED) is 0.217. The monoisotopic (exact) mass is 605 g/mol. The lowest BCUT2D eigenvalue weighted by atomic mass is 10.0. The number of carbonyl (C=O) groups is 2. The van der Waals surface area contributed by atoms with Crippen molar-refractivity contribution in [2.45, 2.75) is 26.1 Å². The maximum absolute atomic E-state index is 13.1. The summed E-state index contributed by atoms with van der Waals surface area (Å²) in [7, 11) is 0. The third kappa shape index (κ3) is 6.90. The fourth-order valence-electron chi connectivity index (χ4n) is 4.18. The Kier molecular flexibility index (Phi) is 8.80. The van der Waals surface area contributed by atoms with Gasteiger partial charge in [-0.05, 0) is 49.7 Å². The van der Waals surface area contributed by atoms with E-state index in [9.17, 15) is 27.9 Å². The maximum Gasteiger partial charge on any atom is 0.490 e. The van der Waals surface area contributed by atoms with Crippen molar-refractivity contribution < 1.29 is 37.4 Å². The lowest BCUT2D eigenvalue weighted by Gasteiger charge is -2.19. The van der Waals surface area contributed by atoms with Crippen molar-refractivity contribution in [3.05, 3.63) is 106 Å². The molecule has 5 rings (SSSR count). The molecule has 0 aliphatic heterocycles. The molecule has 44 heavy (non-hydrogen) atoms. The van der Waals surface area contributed by atoms with Gasteiger partial charge in [0.05, 0.1) is 40.6 Å². The Labute approximate surface area is 246 Å². The molecule has 11 nitrogen and oxygen atoms in total. The average molecular weight is 606 g/mol. The first kappa shape index (κ1) is 31.0. The van der Waals surface area contributed by atoms with Gasteiger partial charge in [-0.3, -0.25) is 4.79 Å².